The Bertz CT molecular complexity index is 546. The van der Waals surface area contributed by atoms with Crippen molar-refractivity contribution in [2.24, 2.45) is 10.9 Å². The normalized spacial score (nSPS) is 11.5. The highest BCUT2D eigenvalue weighted by atomic mass is 16.6. The second-order valence-corrected chi connectivity index (χ2v) is 3.41. The molecule has 0 spiro atoms. The highest BCUT2D eigenvalue weighted by molar-refractivity contribution is 5.95. The Morgan fingerprint density at radius 1 is 1.24 bits per heavy atom. The summed E-state index contributed by atoms with van der Waals surface area (Å²) in [5.41, 5.74) is 13.0. The Morgan fingerprint density at radius 3 is 2.71 bits per heavy atom. The Hall–Kier alpha value is -2.43. The van der Waals surface area contributed by atoms with Gasteiger partial charge in [0.15, 0.2) is 5.76 Å². The molecule has 0 unspecified atom stereocenters. The van der Waals surface area contributed by atoms with Crippen LogP contribution in [0.3, 0.4) is 0 Å². The molecule has 1 heterocycles. The molecule has 17 heavy (non-hydrogen) atoms. The number of anilines is 1. The summed E-state index contributed by atoms with van der Waals surface area (Å²) in [6.07, 6.45) is 0. The quantitative estimate of drug-likeness (QED) is 0.365. The molecule has 0 radical (unpaired) electrons. The van der Waals surface area contributed by atoms with Gasteiger partial charge in [-0.1, -0.05) is 17.3 Å². The molecule has 5 heteroatoms. The van der Waals surface area contributed by atoms with E-state index in [0.717, 1.165) is 5.56 Å². The minimum absolute atomic E-state index is 0.188. The summed E-state index contributed by atoms with van der Waals surface area (Å²) in [6, 6.07) is 11.0. The number of para-hydroxylation sites is 1. The first kappa shape index (κ1) is 11.1. The van der Waals surface area contributed by atoms with Crippen molar-refractivity contribution in [1.82, 2.24) is 0 Å². The monoisotopic (exact) mass is 231 g/mol. The van der Waals surface area contributed by atoms with Gasteiger partial charge in [0.25, 0.3) is 0 Å². The fourth-order valence-corrected chi connectivity index (χ4v) is 1.49. The molecule has 1 aromatic carbocycles. The van der Waals surface area contributed by atoms with Crippen molar-refractivity contribution >= 4 is 11.5 Å². The van der Waals surface area contributed by atoms with Crippen LogP contribution in [0.25, 0.3) is 11.3 Å². The van der Waals surface area contributed by atoms with Gasteiger partial charge in [-0.25, -0.2) is 0 Å². The zero-order valence-corrected chi connectivity index (χ0v) is 9.38. The molecule has 2 rings (SSSR count). The Balaban J connectivity index is 2.37. The van der Waals surface area contributed by atoms with Crippen LogP contribution in [-0.2, 0) is 4.84 Å². The number of benzene rings is 1. The van der Waals surface area contributed by atoms with Crippen molar-refractivity contribution in [3.8, 4) is 11.3 Å². The Labute approximate surface area is 98.7 Å². The molecule has 2 aromatic rings. The van der Waals surface area contributed by atoms with E-state index in [-0.39, 0.29) is 5.84 Å². The molecule has 5 nitrogen and oxygen atoms in total. The smallest absolute Gasteiger partial charge is 0.206 e. The summed E-state index contributed by atoms with van der Waals surface area (Å²) in [4.78, 5) is 4.57. The van der Waals surface area contributed by atoms with Crippen molar-refractivity contribution in [1.29, 1.82) is 0 Å². The fourth-order valence-electron chi connectivity index (χ4n) is 1.49. The van der Waals surface area contributed by atoms with Crippen molar-refractivity contribution in [3.63, 3.8) is 0 Å². The lowest BCUT2D eigenvalue weighted by Crippen LogP contribution is -2.12. The largest absolute Gasteiger partial charge is 0.453 e. The predicted octanol–water partition coefficient (Wildman–Crippen LogP) is 1.80. The van der Waals surface area contributed by atoms with E-state index in [1.54, 1.807) is 12.1 Å². The van der Waals surface area contributed by atoms with E-state index in [9.17, 15) is 0 Å². The third-order valence-electron chi connectivity index (χ3n) is 2.27. The number of hydrogen-bond donors (Lipinski definition) is 2. The SMILES string of the molecule is CON=C(N)c1ccc(-c2ccccc2N)o1. The van der Waals surface area contributed by atoms with E-state index < -0.39 is 0 Å². The van der Waals surface area contributed by atoms with Gasteiger partial charge in [0.1, 0.15) is 12.9 Å². The number of rotatable bonds is 3. The minimum atomic E-state index is 0.188. The molecule has 0 aliphatic rings. The molecule has 0 saturated heterocycles. The maximum atomic E-state index is 5.85. The average Bonchev–Trinajstić information content (AvgIpc) is 2.79. The molecule has 0 bridgehead atoms. The molecule has 0 aliphatic carbocycles. The van der Waals surface area contributed by atoms with Crippen LogP contribution in [0, 0.1) is 0 Å². The van der Waals surface area contributed by atoms with Crippen LogP contribution in [0.4, 0.5) is 5.69 Å². The van der Waals surface area contributed by atoms with Crippen molar-refractivity contribution in [2.45, 2.75) is 0 Å². The number of oxime groups is 1. The summed E-state index contributed by atoms with van der Waals surface area (Å²) in [6.45, 7) is 0. The van der Waals surface area contributed by atoms with E-state index in [1.807, 2.05) is 24.3 Å². The zero-order chi connectivity index (χ0) is 12.3. The average molecular weight is 231 g/mol. The molecule has 88 valence electrons. The van der Waals surface area contributed by atoms with Gasteiger partial charge in [-0.2, -0.15) is 0 Å². The molecule has 0 atom stereocenters. The van der Waals surface area contributed by atoms with Gasteiger partial charge < -0.3 is 20.7 Å². The molecular weight excluding hydrogens is 218 g/mol. The van der Waals surface area contributed by atoms with Gasteiger partial charge in [0.05, 0.1) is 0 Å². The number of furan rings is 1. The second kappa shape index (κ2) is 4.61. The van der Waals surface area contributed by atoms with Gasteiger partial charge in [0.2, 0.25) is 5.84 Å². The third-order valence-corrected chi connectivity index (χ3v) is 2.27. The first-order valence-corrected chi connectivity index (χ1v) is 5.04. The van der Waals surface area contributed by atoms with Gasteiger partial charge in [-0.3, -0.25) is 0 Å². The van der Waals surface area contributed by atoms with E-state index in [0.29, 0.717) is 17.2 Å². The van der Waals surface area contributed by atoms with Crippen molar-refractivity contribution in [2.75, 3.05) is 12.8 Å². The van der Waals surface area contributed by atoms with Crippen molar-refractivity contribution < 1.29 is 9.25 Å². The number of nitrogen functional groups attached to an aromatic ring is 1. The summed E-state index contributed by atoms with van der Waals surface area (Å²) in [7, 11) is 1.42. The van der Waals surface area contributed by atoms with Crippen LogP contribution in [0.5, 0.6) is 0 Å². The molecule has 0 fully saturated rings. The highest BCUT2D eigenvalue weighted by Gasteiger charge is 2.09. The summed E-state index contributed by atoms with van der Waals surface area (Å²) >= 11 is 0. The van der Waals surface area contributed by atoms with E-state index in [2.05, 4.69) is 9.99 Å². The maximum Gasteiger partial charge on any atom is 0.206 e. The zero-order valence-electron chi connectivity index (χ0n) is 9.38. The fraction of sp³-hybridized carbons (Fsp3) is 0.0833. The van der Waals surface area contributed by atoms with Crippen LogP contribution in [0.15, 0.2) is 46.0 Å². The van der Waals surface area contributed by atoms with Gasteiger partial charge in [-0.05, 0) is 24.3 Å². The Morgan fingerprint density at radius 2 is 2.00 bits per heavy atom. The molecule has 0 aliphatic heterocycles. The molecule has 1 aromatic heterocycles. The van der Waals surface area contributed by atoms with Gasteiger partial charge >= 0.3 is 0 Å². The molecule has 0 saturated carbocycles. The summed E-state index contributed by atoms with van der Waals surface area (Å²) in [5.74, 6) is 1.28. The molecular formula is C12H13N3O2. The summed E-state index contributed by atoms with van der Waals surface area (Å²) < 4.78 is 5.55. The highest BCUT2D eigenvalue weighted by Crippen LogP contribution is 2.27. The van der Waals surface area contributed by atoms with Crippen LogP contribution in [0.2, 0.25) is 0 Å². The topological polar surface area (TPSA) is 86.8 Å². The lowest BCUT2D eigenvalue weighted by atomic mass is 10.1. The third kappa shape index (κ3) is 2.23. The number of hydrogen-bond acceptors (Lipinski definition) is 4. The lowest BCUT2D eigenvalue weighted by molar-refractivity contribution is 0.212. The first-order valence-electron chi connectivity index (χ1n) is 5.04. The standard InChI is InChI=1S/C12H13N3O2/c1-16-15-12(14)11-7-6-10(17-11)8-4-2-3-5-9(8)13/h2-7H,13H2,1H3,(H2,14,15). The lowest BCUT2D eigenvalue weighted by Gasteiger charge is -2.01. The van der Waals surface area contributed by atoms with Crippen molar-refractivity contribution in [3.05, 3.63) is 42.2 Å². The van der Waals surface area contributed by atoms with Gasteiger partial charge in [0, 0.05) is 11.3 Å². The maximum absolute atomic E-state index is 5.85. The number of amidine groups is 1. The minimum Gasteiger partial charge on any atom is -0.453 e. The predicted molar refractivity (Wildman–Crippen MR) is 66.3 cm³/mol. The summed E-state index contributed by atoms with van der Waals surface area (Å²) in [5, 5.41) is 3.59. The van der Waals surface area contributed by atoms with E-state index >= 15 is 0 Å². The van der Waals surface area contributed by atoms with Gasteiger partial charge in [-0.15, -0.1) is 0 Å². The second-order valence-electron chi connectivity index (χ2n) is 3.41. The van der Waals surface area contributed by atoms with E-state index in [1.165, 1.54) is 7.11 Å². The van der Waals surface area contributed by atoms with E-state index in [4.69, 9.17) is 15.9 Å². The first-order chi connectivity index (χ1) is 8.22. The van der Waals surface area contributed by atoms with Crippen LogP contribution in [0.1, 0.15) is 5.76 Å². The van der Waals surface area contributed by atoms with Crippen LogP contribution >= 0.6 is 0 Å². The molecule has 4 N–H and O–H groups in total. The number of nitrogens with two attached hydrogens (primary N) is 2. The Kier molecular flexibility index (Phi) is 3.00. The molecule has 0 amide bonds. The van der Waals surface area contributed by atoms with Crippen LogP contribution < -0.4 is 11.5 Å². The number of nitrogens with zero attached hydrogens (tertiary/aromatic N) is 1. The van der Waals surface area contributed by atoms with Crippen LogP contribution in [-0.4, -0.2) is 12.9 Å².